The molecule has 1 spiro atoms. The van der Waals surface area contributed by atoms with E-state index in [1.54, 1.807) is 0 Å². The van der Waals surface area contributed by atoms with Gasteiger partial charge in [-0.1, -0.05) is 152 Å². The summed E-state index contributed by atoms with van der Waals surface area (Å²) in [7, 11) is 0. The molecule has 0 saturated carbocycles. The predicted octanol–water partition coefficient (Wildman–Crippen LogP) is 13.0. The molecule has 8 aromatic carbocycles. The molecule has 0 fully saturated rings. The summed E-state index contributed by atoms with van der Waals surface area (Å²) < 4.78 is 6.90. The molecule has 12 rings (SSSR count). The number of fused-ring (bicyclic) bond motifs is 17. The number of benzene rings is 8. The Morgan fingerprint density at radius 2 is 0.962 bits per heavy atom. The molecule has 2 aliphatic carbocycles. The number of pyridine rings is 1. The summed E-state index contributed by atoms with van der Waals surface area (Å²) >= 11 is 0. The van der Waals surface area contributed by atoms with Crippen LogP contribution in [0.3, 0.4) is 0 Å². The van der Waals surface area contributed by atoms with Gasteiger partial charge >= 0.3 is 0 Å². The van der Waals surface area contributed by atoms with E-state index in [0.29, 0.717) is 0 Å². The van der Waals surface area contributed by atoms with Crippen LogP contribution in [0.5, 0.6) is 0 Å². The van der Waals surface area contributed by atoms with Crippen LogP contribution in [-0.2, 0) is 5.41 Å². The third kappa shape index (κ3) is 3.46. The summed E-state index contributed by atoms with van der Waals surface area (Å²) in [5.41, 5.74) is 17.2. The highest BCUT2D eigenvalue weighted by atomic mass is 16.3. The van der Waals surface area contributed by atoms with E-state index in [4.69, 9.17) is 9.40 Å². The van der Waals surface area contributed by atoms with Gasteiger partial charge in [-0.3, -0.25) is 0 Å². The molecule has 0 amide bonds. The number of hydrogen-bond donors (Lipinski definition) is 0. The van der Waals surface area contributed by atoms with E-state index in [9.17, 15) is 0 Å². The van der Waals surface area contributed by atoms with Gasteiger partial charge in [0.2, 0.25) is 0 Å². The number of para-hydroxylation sites is 2. The molecule has 2 nitrogen and oxygen atoms in total. The maximum Gasteiger partial charge on any atom is 0.143 e. The summed E-state index contributed by atoms with van der Waals surface area (Å²) in [6.45, 7) is 0. The van der Waals surface area contributed by atoms with Crippen molar-refractivity contribution in [1.29, 1.82) is 0 Å². The first kappa shape index (κ1) is 28.0. The molecular formula is C50H29NO. The van der Waals surface area contributed by atoms with Crippen molar-refractivity contribution >= 4 is 43.6 Å². The van der Waals surface area contributed by atoms with Crippen LogP contribution < -0.4 is 0 Å². The second kappa shape index (κ2) is 10.2. The quantitative estimate of drug-likeness (QED) is 0.173. The Bertz CT molecular complexity index is 3090. The minimum Gasteiger partial charge on any atom is -0.455 e. The van der Waals surface area contributed by atoms with E-state index >= 15 is 0 Å². The summed E-state index contributed by atoms with van der Waals surface area (Å²) in [6, 6.07) is 64.0. The maximum absolute atomic E-state index is 6.90. The fourth-order valence-electron chi connectivity index (χ4n) is 9.63. The molecule has 2 heterocycles. The molecule has 0 saturated heterocycles. The van der Waals surface area contributed by atoms with Gasteiger partial charge in [0.15, 0.2) is 0 Å². The second-order valence-corrected chi connectivity index (χ2v) is 14.1. The molecule has 52 heavy (non-hydrogen) atoms. The zero-order chi connectivity index (χ0) is 34.0. The first-order valence-corrected chi connectivity index (χ1v) is 18.0. The maximum atomic E-state index is 6.90. The minimum atomic E-state index is -0.376. The van der Waals surface area contributed by atoms with E-state index in [-0.39, 0.29) is 5.41 Å². The van der Waals surface area contributed by atoms with Crippen molar-refractivity contribution in [1.82, 2.24) is 4.98 Å². The summed E-state index contributed by atoms with van der Waals surface area (Å²) in [6.07, 6.45) is 0. The van der Waals surface area contributed by atoms with Gasteiger partial charge in [-0.25, -0.2) is 4.98 Å². The Morgan fingerprint density at radius 1 is 0.385 bits per heavy atom. The third-order valence-electron chi connectivity index (χ3n) is 11.7. The van der Waals surface area contributed by atoms with Gasteiger partial charge in [0.05, 0.1) is 16.6 Å². The molecule has 2 aliphatic rings. The van der Waals surface area contributed by atoms with Gasteiger partial charge < -0.3 is 4.42 Å². The topological polar surface area (TPSA) is 26.0 Å². The summed E-state index contributed by atoms with van der Waals surface area (Å²) in [5, 5.41) is 5.68. The van der Waals surface area contributed by atoms with E-state index in [1.165, 1.54) is 49.9 Å². The Hall–Kier alpha value is -6.77. The van der Waals surface area contributed by atoms with Crippen molar-refractivity contribution in [3.05, 3.63) is 198 Å². The van der Waals surface area contributed by atoms with Crippen LogP contribution in [0.25, 0.3) is 88.3 Å². The van der Waals surface area contributed by atoms with Gasteiger partial charge in [0, 0.05) is 38.1 Å². The van der Waals surface area contributed by atoms with Crippen molar-refractivity contribution in [2.45, 2.75) is 5.41 Å². The monoisotopic (exact) mass is 659 g/mol. The van der Waals surface area contributed by atoms with Crippen molar-refractivity contribution in [3.8, 4) is 44.6 Å². The number of hydrogen-bond acceptors (Lipinski definition) is 2. The molecule has 2 aromatic heterocycles. The summed E-state index contributed by atoms with van der Waals surface area (Å²) in [5.74, 6) is 0. The van der Waals surface area contributed by atoms with Crippen molar-refractivity contribution < 1.29 is 4.42 Å². The standard InChI is InChI=1S/C50H29NO/c1-2-14-30(15-3-1)48-39-29-37(49-47(36-20-8-13-25-45(36)52-49)46(39)35-19-7-12-24-44(35)51-48)31-26-27-43-38(28-31)34-18-6-11-23-42(34)50(43)40-21-9-4-16-32(40)33-17-5-10-22-41(33)50/h1-29H. The van der Waals surface area contributed by atoms with Crippen LogP contribution in [0.2, 0.25) is 0 Å². The number of furan rings is 1. The van der Waals surface area contributed by atoms with Crippen LogP contribution in [0, 0.1) is 0 Å². The van der Waals surface area contributed by atoms with E-state index < -0.39 is 0 Å². The van der Waals surface area contributed by atoms with Crippen LogP contribution in [-0.4, -0.2) is 4.98 Å². The van der Waals surface area contributed by atoms with Gasteiger partial charge in [-0.2, -0.15) is 0 Å². The average molecular weight is 660 g/mol. The van der Waals surface area contributed by atoms with Crippen molar-refractivity contribution in [2.24, 2.45) is 0 Å². The van der Waals surface area contributed by atoms with Crippen LogP contribution in [0.15, 0.2) is 180 Å². The van der Waals surface area contributed by atoms with Gasteiger partial charge in [-0.05, 0) is 74.3 Å². The first-order valence-electron chi connectivity index (χ1n) is 18.0. The second-order valence-electron chi connectivity index (χ2n) is 14.1. The Balaban J connectivity index is 1.21. The molecule has 0 atom stereocenters. The smallest absolute Gasteiger partial charge is 0.143 e. The molecule has 0 N–H and O–H groups in total. The van der Waals surface area contributed by atoms with Crippen molar-refractivity contribution in [3.63, 3.8) is 0 Å². The molecule has 0 aliphatic heterocycles. The van der Waals surface area contributed by atoms with E-state index in [2.05, 4.69) is 176 Å². The van der Waals surface area contributed by atoms with E-state index in [1.807, 2.05) is 0 Å². The predicted molar refractivity (Wildman–Crippen MR) is 214 cm³/mol. The normalized spacial score (nSPS) is 13.5. The van der Waals surface area contributed by atoms with Crippen molar-refractivity contribution in [2.75, 3.05) is 0 Å². The Kier molecular flexibility index (Phi) is 5.46. The Labute approximate surface area is 300 Å². The molecule has 2 heteroatoms. The lowest BCUT2D eigenvalue weighted by molar-refractivity contribution is 0.670. The first-order chi connectivity index (χ1) is 25.8. The summed E-state index contributed by atoms with van der Waals surface area (Å²) in [4.78, 5) is 5.33. The van der Waals surface area contributed by atoms with Gasteiger partial charge in [0.1, 0.15) is 11.2 Å². The molecule has 240 valence electrons. The lowest BCUT2D eigenvalue weighted by Crippen LogP contribution is -2.25. The number of rotatable bonds is 2. The molecule has 0 radical (unpaired) electrons. The van der Waals surface area contributed by atoms with Crippen LogP contribution in [0.4, 0.5) is 0 Å². The number of aromatic nitrogens is 1. The number of nitrogens with zero attached hydrogens (tertiary/aromatic N) is 1. The van der Waals surface area contributed by atoms with Gasteiger partial charge in [0.25, 0.3) is 0 Å². The minimum absolute atomic E-state index is 0.376. The highest BCUT2D eigenvalue weighted by molar-refractivity contribution is 6.30. The zero-order valence-corrected chi connectivity index (χ0v) is 28.1. The molecular weight excluding hydrogens is 631 g/mol. The van der Waals surface area contributed by atoms with E-state index in [0.717, 1.165) is 60.6 Å². The lowest BCUT2D eigenvalue weighted by Gasteiger charge is -2.30. The fraction of sp³-hybridized carbons (Fsp3) is 0.0200. The fourth-order valence-corrected chi connectivity index (χ4v) is 9.63. The molecule has 0 unspecified atom stereocenters. The third-order valence-corrected chi connectivity index (χ3v) is 11.7. The molecule has 10 aromatic rings. The average Bonchev–Trinajstić information content (AvgIpc) is 3.85. The molecule has 0 bridgehead atoms. The Morgan fingerprint density at radius 3 is 1.69 bits per heavy atom. The largest absolute Gasteiger partial charge is 0.455 e. The van der Waals surface area contributed by atoms with Gasteiger partial charge in [-0.15, -0.1) is 0 Å². The lowest BCUT2D eigenvalue weighted by atomic mass is 9.70. The highest BCUT2D eigenvalue weighted by Crippen LogP contribution is 2.63. The zero-order valence-electron chi connectivity index (χ0n) is 28.1. The highest BCUT2D eigenvalue weighted by Gasteiger charge is 2.51. The van der Waals surface area contributed by atoms with Crippen LogP contribution in [0.1, 0.15) is 22.3 Å². The SMILES string of the molecule is c1ccc(-c2nc3ccccc3c3c2cc(-c2ccc4c(c2)-c2ccccc2C42c4ccccc4-c4ccccc42)c2oc4ccccc4c23)cc1. The van der Waals surface area contributed by atoms with Crippen LogP contribution >= 0.6 is 0 Å².